The van der Waals surface area contributed by atoms with E-state index in [1.165, 1.54) is 23.5 Å². The Morgan fingerprint density at radius 3 is 2.79 bits per heavy atom. The summed E-state index contributed by atoms with van der Waals surface area (Å²) in [5, 5.41) is 13.9. The summed E-state index contributed by atoms with van der Waals surface area (Å²) in [7, 11) is 1.73. The average Bonchev–Trinajstić information content (AvgIpc) is 2.74. The van der Waals surface area contributed by atoms with Crippen molar-refractivity contribution in [3.8, 4) is 0 Å². The monoisotopic (exact) mass is 279 g/mol. The molecule has 0 atom stereocenters. The molecule has 0 aliphatic carbocycles. The van der Waals surface area contributed by atoms with Crippen molar-refractivity contribution < 1.29 is 4.92 Å². The first-order valence-electron chi connectivity index (χ1n) is 5.50. The van der Waals surface area contributed by atoms with E-state index >= 15 is 0 Å². The molecule has 2 aromatic rings. The Kier molecular flexibility index (Phi) is 3.61. The van der Waals surface area contributed by atoms with Gasteiger partial charge < -0.3 is 10.6 Å². The summed E-state index contributed by atoms with van der Waals surface area (Å²) in [6.45, 7) is 2.36. The SMILES string of the molecule is Cc1nc(CN(C)c2nc(N)ccc2[N+](=O)[O-])cs1. The minimum Gasteiger partial charge on any atom is -0.384 e. The first kappa shape index (κ1) is 13.2. The lowest BCUT2D eigenvalue weighted by Crippen LogP contribution is -2.19. The van der Waals surface area contributed by atoms with E-state index in [1.54, 1.807) is 11.9 Å². The lowest BCUT2D eigenvalue weighted by atomic mass is 10.3. The molecular weight excluding hydrogens is 266 g/mol. The van der Waals surface area contributed by atoms with Crippen molar-refractivity contribution >= 4 is 28.7 Å². The number of rotatable bonds is 4. The number of nitrogens with zero attached hydrogens (tertiary/aromatic N) is 4. The highest BCUT2D eigenvalue weighted by Gasteiger charge is 2.19. The van der Waals surface area contributed by atoms with Gasteiger partial charge in [-0.25, -0.2) is 9.97 Å². The maximum atomic E-state index is 11.0. The quantitative estimate of drug-likeness (QED) is 0.678. The van der Waals surface area contributed by atoms with Gasteiger partial charge in [0.2, 0.25) is 5.82 Å². The van der Waals surface area contributed by atoms with E-state index in [1.807, 2.05) is 12.3 Å². The van der Waals surface area contributed by atoms with Crippen molar-refractivity contribution in [3.05, 3.63) is 38.3 Å². The number of aryl methyl sites for hydroxylation is 1. The lowest BCUT2D eigenvalue weighted by Gasteiger charge is -2.16. The molecule has 0 spiro atoms. The molecule has 2 N–H and O–H groups in total. The van der Waals surface area contributed by atoms with Crippen LogP contribution in [0.1, 0.15) is 10.7 Å². The third-order valence-electron chi connectivity index (χ3n) is 2.50. The zero-order valence-corrected chi connectivity index (χ0v) is 11.3. The fourth-order valence-corrected chi connectivity index (χ4v) is 2.28. The predicted molar refractivity (Wildman–Crippen MR) is 74.3 cm³/mol. The van der Waals surface area contributed by atoms with Gasteiger partial charge in [0.1, 0.15) is 5.82 Å². The van der Waals surface area contributed by atoms with E-state index < -0.39 is 4.92 Å². The van der Waals surface area contributed by atoms with Gasteiger partial charge in [0, 0.05) is 18.5 Å². The minimum absolute atomic E-state index is 0.0661. The minimum atomic E-state index is -0.468. The smallest absolute Gasteiger partial charge is 0.311 e. The average molecular weight is 279 g/mol. The van der Waals surface area contributed by atoms with Gasteiger partial charge in [-0.15, -0.1) is 11.3 Å². The van der Waals surface area contributed by atoms with Crippen LogP contribution < -0.4 is 10.6 Å². The molecule has 0 unspecified atom stereocenters. The van der Waals surface area contributed by atoms with E-state index in [0.29, 0.717) is 6.54 Å². The maximum Gasteiger partial charge on any atom is 0.311 e. The molecule has 0 saturated carbocycles. The molecule has 0 aliphatic heterocycles. The van der Waals surface area contributed by atoms with E-state index in [4.69, 9.17) is 5.73 Å². The van der Waals surface area contributed by atoms with Crippen LogP contribution in [0.3, 0.4) is 0 Å². The largest absolute Gasteiger partial charge is 0.384 e. The number of hydrogen-bond donors (Lipinski definition) is 1. The fraction of sp³-hybridized carbons (Fsp3) is 0.273. The Bertz CT molecular complexity index is 613. The predicted octanol–water partition coefficient (Wildman–Crippen LogP) is 1.97. The van der Waals surface area contributed by atoms with Crippen molar-refractivity contribution in [3.63, 3.8) is 0 Å². The number of hydrogen-bond acceptors (Lipinski definition) is 7. The highest BCUT2D eigenvalue weighted by Crippen LogP contribution is 2.27. The van der Waals surface area contributed by atoms with Crippen LogP contribution in [0.2, 0.25) is 0 Å². The Morgan fingerprint density at radius 2 is 2.21 bits per heavy atom. The molecular formula is C11H13N5O2S. The topological polar surface area (TPSA) is 98.2 Å². The summed E-state index contributed by atoms with van der Waals surface area (Å²) < 4.78 is 0. The highest BCUT2D eigenvalue weighted by molar-refractivity contribution is 7.09. The first-order valence-corrected chi connectivity index (χ1v) is 6.38. The van der Waals surface area contributed by atoms with Crippen LogP contribution in [-0.2, 0) is 6.54 Å². The summed E-state index contributed by atoms with van der Waals surface area (Å²) in [6.07, 6.45) is 0. The van der Waals surface area contributed by atoms with Gasteiger partial charge in [-0.05, 0) is 13.0 Å². The Labute approximate surface area is 113 Å². The second-order valence-electron chi connectivity index (χ2n) is 4.05. The first-order chi connectivity index (χ1) is 8.97. The van der Waals surface area contributed by atoms with Crippen molar-refractivity contribution in [2.45, 2.75) is 13.5 Å². The van der Waals surface area contributed by atoms with Crippen molar-refractivity contribution in [2.75, 3.05) is 17.7 Å². The highest BCUT2D eigenvalue weighted by atomic mass is 32.1. The molecule has 0 aromatic carbocycles. The zero-order chi connectivity index (χ0) is 14.0. The van der Waals surface area contributed by atoms with Gasteiger partial charge in [-0.1, -0.05) is 0 Å². The molecule has 0 fully saturated rings. The second-order valence-corrected chi connectivity index (χ2v) is 5.11. The van der Waals surface area contributed by atoms with Gasteiger partial charge in [0.05, 0.1) is 22.2 Å². The van der Waals surface area contributed by atoms with Crippen LogP contribution in [-0.4, -0.2) is 21.9 Å². The van der Waals surface area contributed by atoms with Crippen LogP contribution in [0.15, 0.2) is 17.5 Å². The Balaban J connectivity index is 2.29. The summed E-state index contributed by atoms with van der Waals surface area (Å²) in [6, 6.07) is 2.78. The zero-order valence-electron chi connectivity index (χ0n) is 10.5. The summed E-state index contributed by atoms with van der Waals surface area (Å²) in [5.41, 5.74) is 6.37. The molecule has 0 amide bonds. The molecule has 2 heterocycles. The molecule has 8 heteroatoms. The van der Waals surface area contributed by atoms with Gasteiger partial charge >= 0.3 is 5.69 Å². The third-order valence-corrected chi connectivity index (χ3v) is 3.32. The molecule has 0 saturated heterocycles. The van der Waals surface area contributed by atoms with Gasteiger partial charge in [0.25, 0.3) is 0 Å². The molecule has 19 heavy (non-hydrogen) atoms. The molecule has 2 rings (SSSR count). The summed E-state index contributed by atoms with van der Waals surface area (Å²) >= 11 is 1.54. The standard InChI is InChI=1S/C11H13N5O2S/c1-7-13-8(6-19-7)5-15(2)11-9(16(17)18)3-4-10(12)14-11/h3-4,6H,5H2,1-2H3,(H2,12,14). The van der Waals surface area contributed by atoms with Crippen LogP contribution in [0, 0.1) is 17.0 Å². The Morgan fingerprint density at radius 1 is 1.47 bits per heavy atom. The molecule has 0 aliphatic rings. The molecule has 7 nitrogen and oxygen atoms in total. The molecule has 2 aromatic heterocycles. The van der Waals surface area contributed by atoms with Crippen LogP contribution in [0.4, 0.5) is 17.3 Å². The van der Waals surface area contributed by atoms with Crippen molar-refractivity contribution in [2.24, 2.45) is 0 Å². The number of nitro groups is 1. The van der Waals surface area contributed by atoms with E-state index in [0.717, 1.165) is 10.7 Å². The maximum absolute atomic E-state index is 11.0. The van der Waals surface area contributed by atoms with Crippen molar-refractivity contribution in [1.82, 2.24) is 9.97 Å². The van der Waals surface area contributed by atoms with E-state index in [9.17, 15) is 10.1 Å². The number of pyridine rings is 1. The van der Waals surface area contributed by atoms with Crippen LogP contribution in [0.25, 0.3) is 0 Å². The summed E-state index contributed by atoms with van der Waals surface area (Å²) in [5.74, 6) is 0.498. The fourth-order valence-electron chi connectivity index (χ4n) is 1.68. The lowest BCUT2D eigenvalue weighted by molar-refractivity contribution is -0.384. The number of anilines is 2. The molecule has 100 valence electrons. The van der Waals surface area contributed by atoms with Gasteiger partial charge in [-0.2, -0.15) is 0 Å². The van der Waals surface area contributed by atoms with E-state index in [-0.39, 0.29) is 17.3 Å². The number of thiazole rings is 1. The Hall–Kier alpha value is -2.22. The number of nitrogen functional groups attached to an aromatic ring is 1. The van der Waals surface area contributed by atoms with Gasteiger partial charge in [0.15, 0.2) is 0 Å². The van der Waals surface area contributed by atoms with Gasteiger partial charge in [-0.3, -0.25) is 10.1 Å². The van der Waals surface area contributed by atoms with E-state index in [2.05, 4.69) is 9.97 Å². The number of nitrogens with two attached hydrogens (primary N) is 1. The summed E-state index contributed by atoms with van der Waals surface area (Å²) in [4.78, 5) is 20.5. The van der Waals surface area contributed by atoms with Crippen LogP contribution in [0.5, 0.6) is 0 Å². The third kappa shape index (κ3) is 2.97. The van der Waals surface area contributed by atoms with Crippen LogP contribution >= 0.6 is 11.3 Å². The number of aromatic nitrogens is 2. The molecule has 0 bridgehead atoms. The molecule has 0 radical (unpaired) electrons. The second kappa shape index (κ2) is 5.19. The van der Waals surface area contributed by atoms with Crippen molar-refractivity contribution in [1.29, 1.82) is 0 Å². The normalized spacial score (nSPS) is 10.4.